The summed E-state index contributed by atoms with van der Waals surface area (Å²) in [6, 6.07) is 9.73. The fourth-order valence-electron chi connectivity index (χ4n) is 2.04. The zero-order valence-electron chi connectivity index (χ0n) is 12.0. The fourth-order valence-corrected chi connectivity index (χ4v) is 2.31. The highest BCUT2D eigenvalue weighted by Gasteiger charge is 2.14. The molecule has 0 aliphatic rings. The number of hydrogen-bond donors (Lipinski definition) is 1. The maximum atomic E-state index is 11.9. The van der Waals surface area contributed by atoms with Gasteiger partial charge in [0, 0.05) is 10.9 Å². The number of esters is 1. The van der Waals surface area contributed by atoms with Gasteiger partial charge in [-0.1, -0.05) is 28.1 Å². The number of nitrogens with zero attached hydrogens (tertiary/aromatic N) is 1. The predicted octanol–water partition coefficient (Wildman–Crippen LogP) is 3.50. The summed E-state index contributed by atoms with van der Waals surface area (Å²) in [5, 5.41) is 0. The largest absolute Gasteiger partial charge is 0.462 e. The summed E-state index contributed by atoms with van der Waals surface area (Å²) in [7, 11) is 0. The Labute approximate surface area is 132 Å². The summed E-state index contributed by atoms with van der Waals surface area (Å²) in [6.45, 7) is 3.87. The van der Waals surface area contributed by atoms with Crippen LogP contribution in [0.4, 0.5) is 5.82 Å². The van der Waals surface area contributed by atoms with Crippen LogP contribution in [-0.2, 0) is 11.2 Å². The zero-order chi connectivity index (χ0) is 15.4. The number of pyridine rings is 1. The Hall–Kier alpha value is -1.88. The van der Waals surface area contributed by atoms with Crippen molar-refractivity contribution in [3.8, 4) is 0 Å². The van der Waals surface area contributed by atoms with Crippen LogP contribution in [0.2, 0.25) is 0 Å². The van der Waals surface area contributed by atoms with Gasteiger partial charge in [-0.05, 0) is 43.2 Å². The van der Waals surface area contributed by atoms with Gasteiger partial charge in [0.1, 0.15) is 5.82 Å². The van der Waals surface area contributed by atoms with Crippen LogP contribution >= 0.6 is 15.9 Å². The second-order valence-electron chi connectivity index (χ2n) is 4.69. The normalized spacial score (nSPS) is 10.4. The highest BCUT2D eigenvalue weighted by molar-refractivity contribution is 9.10. The molecule has 0 spiro atoms. The highest BCUT2D eigenvalue weighted by atomic mass is 79.9. The Morgan fingerprint density at radius 1 is 1.33 bits per heavy atom. The van der Waals surface area contributed by atoms with Gasteiger partial charge in [0.05, 0.1) is 17.9 Å². The van der Waals surface area contributed by atoms with Gasteiger partial charge >= 0.3 is 5.97 Å². The molecule has 0 saturated heterocycles. The molecule has 0 bridgehead atoms. The Kier molecular flexibility index (Phi) is 4.96. The van der Waals surface area contributed by atoms with Crippen molar-refractivity contribution < 1.29 is 9.53 Å². The Balaban J connectivity index is 2.32. The van der Waals surface area contributed by atoms with Crippen LogP contribution in [0.25, 0.3) is 0 Å². The van der Waals surface area contributed by atoms with Gasteiger partial charge in [0.15, 0.2) is 0 Å². The van der Waals surface area contributed by atoms with Gasteiger partial charge in [0.25, 0.3) is 0 Å². The summed E-state index contributed by atoms with van der Waals surface area (Å²) in [4.78, 5) is 16.2. The molecule has 0 unspecified atom stereocenters. The maximum Gasteiger partial charge on any atom is 0.339 e. The highest BCUT2D eigenvalue weighted by Crippen LogP contribution is 2.20. The molecular weight excluding hydrogens is 332 g/mol. The second-order valence-corrected chi connectivity index (χ2v) is 5.61. The van der Waals surface area contributed by atoms with Crippen molar-refractivity contribution in [3.05, 3.63) is 57.2 Å². The van der Waals surface area contributed by atoms with Crippen LogP contribution in [0.15, 0.2) is 34.8 Å². The number of nitrogen functional groups attached to an aromatic ring is 1. The van der Waals surface area contributed by atoms with Crippen molar-refractivity contribution in [2.24, 2.45) is 0 Å². The second kappa shape index (κ2) is 6.72. The smallest absolute Gasteiger partial charge is 0.339 e. The van der Waals surface area contributed by atoms with Gasteiger partial charge in [0.2, 0.25) is 0 Å². The molecule has 0 saturated carbocycles. The Bertz CT molecular complexity index is 654. The minimum Gasteiger partial charge on any atom is -0.462 e. The van der Waals surface area contributed by atoms with E-state index >= 15 is 0 Å². The molecule has 0 amide bonds. The quantitative estimate of drug-likeness (QED) is 0.858. The maximum absolute atomic E-state index is 11.9. The number of carbonyl (C=O) groups is 1. The van der Waals surface area contributed by atoms with E-state index in [1.165, 1.54) is 0 Å². The lowest BCUT2D eigenvalue weighted by Gasteiger charge is -2.10. The zero-order valence-corrected chi connectivity index (χ0v) is 13.6. The van der Waals surface area contributed by atoms with E-state index < -0.39 is 0 Å². The molecule has 0 fully saturated rings. The number of rotatable bonds is 4. The number of hydrogen-bond acceptors (Lipinski definition) is 4. The van der Waals surface area contributed by atoms with Crippen LogP contribution in [0.5, 0.6) is 0 Å². The molecule has 0 aliphatic heterocycles. The number of carbonyl (C=O) groups excluding carboxylic acids is 1. The van der Waals surface area contributed by atoms with Crippen LogP contribution in [0.3, 0.4) is 0 Å². The average Bonchev–Trinajstić information content (AvgIpc) is 2.44. The van der Waals surface area contributed by atoms with Crippen LogP contribution in [0.1, 0.15) is 34.1 Å². The molecule has 2 aromatic rings. The molecule has 0 aliphatic carbocycles. The molecule has 2 rings (SSSR count). The van der Waals surface area contributed by atoms with Crippen molar-refractivity contribution in [2.45, 2.75) is 20.3 Å². The molecule has 0 radical (unpaired) electrons. The Morgan fingerprint density at radius 2 is 2.00 bits per heavy atom. The number of ether oxygens (including phenoxy) is 1. The lowest BCUT2D eigenvalue weighted by Crippen LogP contribution is -2.11. The van der Waals surface area contributed by atoms with Gasteiger partial charge in [-0.3, -0.25) is 0 Å². The molecule has 2 N–H and O–H groups in total. The monoisotopic (exact) mass is 348 g/mol. The van der Waals surface area contributed by atoms with E-state index in [9.17, 15) is 4.79 Å². The molecule has 5 heteroatoms. The SMILES string of the molecule is CCOC(=O)c1cc(Cc2ccc(Br)cc2)c(N)nc1C. The summed E-state index contributed by atoms with van der Waals surface area (Å²) in [5.74, 6) is 0.0861. The topological polar surface area (TPSA) is 65.2 Å². The lowest BCUT2D eigenvalue weighted by atomic mass is 10.0. The number of halogens is 1. The van der Waals surface area contributed by atoms with Crippen molar-refractivity contribution in [2.75, 3.05) is 12.3 Å². The van der Waals surface area contributed by atoms with E-state index in [0.29, 0.717) is 30.1 Å². The molecule has 1 aromatic carbocycles. The van der Waals surface area contributed by atoms with E-state index in [1.54, 1.807) is 19.9 Å². The van der Waals surface area contributed by atoms with E-state index in [-0.39, 0.29) is 5.97 Å². The summed E-state index contributed by atoms with van der Waals surface area (Å²) >= 11 is 3.40. The first-order valence-electron chi connectivity index (χ1n) is 6.68. The number of aryl methyl sites for hydroxylation is 1. The minimum atomic E-state index is -0.362. The van der Waals surface area contributed by atoms with Gasteiger partial charge in [-0.15, -0.1) is 0 Å². The third-order valence-electron chi connectivity index (χ3n) is 3.13. The molecule has 1 aromatic heterocycles. The standard InChI is InChI=1S/C16H17BrN2O2/c1-3-21-16(20)14-9-12(15(18)19-10(14)2)8-11-4-6-13(17)7-5-11/h4-7,9H,3,8H2,1-2H3,(H2,18,19). The first kappa shape index (κ1) is 15.5. The average molecular weight is 349 g/mol. The van der Waals surface area contributed by atoms with Crippen molar-refractivity contribution in [3.63, 3.8) is 0 Å². The first-order valence-corrected chi connectivity index (χ1v) is 7.48. The third kappa shape index (κ3) is 3.82. The molecule has 110 valence electrons. The molecule has 1 heterocycles. The number of aromatic nitrogens is 1. The molecule has 0 atom stereocenters. The predicted molar refractivity (Wildman–Crippen MR) is 86.3 cm³/mol. The summed E-state index contributed by atoms with van der Waals surface area (Å²) in [6.07, 6.45) is 0.624. The van der Waals surface area contributed by atoms with Gasteiger partial charge < -0.3 is 10.5 Å². The summed E-state index contributed by atoms with van der Waals surface area (Å²) < 4.78 is 6.07. The van der Waals surface area contributed by atoms with Crippen molar-refractivity contribution in [1.82, 2.24) is 4.98 Å². The molecule has 4 nitrogen and oxygen atoms in total. The molecule has 21 heavy (non-hydrogen) atoms. The lowest BCUT2D eigenvalue weighted by molar-refractivity contribution is 0.0525. The number of benzene rings is 1. The fraction of sp³-hybridized carbons (Fsp3) is 0.250. The van der Waals surface area contributed by atoms with Gasteiger partial charge in [-0.2, -0.15) is 0 Å². The minimum absolute atomic E-state index is 0.338. The van der Waals surface area contributed by atoms with E-state index in [2.05, 4.69) is 20.9 Å². The van der Waals surface area contributed by atoms with Crippen molar-refractivity contribution >= 4 is 27.7 Å². The van der Waals surface area contributed by atoms with E-state index in [1.807, 2.05) is 24.3 Å². The van der Waals surface area contributed by atoms with E-state index in [4.69, 9.17) is 10.5 Å². The third-order valence-corrected chi connectivity index (χ3v) is 3.66. The van der Waals surface area contributed by atoms with Gasteiger partial charge in [-0.25, -0.2) is 9.78 Å². The van der Waals surface area contributed by atoms with E-state index in [0.717, 1.165) is 15.6 Å². The number of anilines is 1. The first-order chi connectivity index (χ1) is 10.0. The van der Waals surface area contributed by atoms with Crippen LogP contribution in [-0.4, -0.2) is 17.6 Å². The molecular formula is C16H17BrN2O2. The summed E-state index contributed by atoms with van der Waals surface area (Å²) in [5.41, 5.74) is 8.96. The van der Waals surface area contributed by atoms with Crippen molar-refractivity contribution in [1.29, 1.82) is 0 Å². The Morgan fingerprint density at radius 3 is 2.62 bits per heavy atom. The van der Waals surface area contributed by atoms with Crippen LogP contribution in [0, 0.1) is 6.92 Å². The van der Waals surface area contributed by atoms with Crippen LogP contribution < -0.4 is 5.73 Å². The number of nitrogens with two attached hydrogens (primary N) is 1.